The summed E-state index contributed by atoms with van der Waals surface area (Å²) in [7, 11) is 0. The maximum atomic E-state index is 9.76. The van der Waals surface area contributed by atoms with Gasteiger partial charge in [0.05, 0.1) is 0 Å². The van der Waals surface area contributed by atoms with E-state index in [4.69, 9.17) is 0 Å². The Hall–Kier alpha value is -0.530. The quantitative estimate of drug-likeness (QED) is 0.258. The maximum Gasteiger partial charge on any atom is 0.148 e. The minimum atomic E-state index is 0.912. The van der Waals surface area contributed by atoms with Gasteiger partial charge in [0.15, 0.2) is 0 Å². The van der Waals surface area contributed by atoms with E-state index in [-0.39, 0.29) is 0 Å². The molecule has 0 radical (unpaired) electrons. The van der Waals surface area contributed by atoms with Crippen molar-refractivity contribution in [2.24, 2.45) is 0 Å². The van der Waals surface area contributed by atoms with Crippen LogP contribution in [0, 0.1) is 5.21 Å². The Kier molecular flexibility index (Phi) is 9.01. The van der Waals surface area contributed by atoms with Crippen molar-refractivity contribution in [3.8, 4) is 0 Å². The average Bonchev–Trinajstić information content (AvgIpc) is 2.03. The molecule has 0 unspecified atom stereocenters. The summed E-state index contributed by atoms with van der Waals surface area (Å²) in [4.78, 5) is 0. The third-order valence-corrected chi connectivity index (χ3v) is 1.79. The normalized spacial score (nSPS) is 11.0. The molecule has 0 saturated carbocycles. The number of rotatable bonds is 7. The van der Waals surface area contributed by atoms with Crippen LogP contribution in [0.2, 0.25) is 0 Å². The van der Waals surface area contributed by atoms with Gasteiger partial charge in [0.25, 0.3) is 0 Å². The van der Waals surface area contributed by atoms with Crippen LogP contribution in [-0.2, 0) is 0 Å². The summed E-state index contributed by atoms with van der Waals surface area (Å²) in [5, 5.41) is 11.6. The van der Waals surface area contributed by atoms with Gasteiger partial charge in [-0.1, -0.05) is 39.0 Å². The van der Waals surface area contributed by atoms with Crippen molar-refractivity contribution in [3.05, 3.63) is 5.21 Å². The van der Waals surface area contributed by atoms with Gasteiger partial charge in [0.2, 0.25) is 0 Å². The zero-order chi connectivity index (χ0) is 8.36. The lowest BCUT2D eigenvalue weighted by atomic mass is 10.1. The molecule has 0 aliphatic carbocycles. The molecule has 0 fully saturated rings. The zero-order valence-corrected chi connectivity index (χ0v) is 7.44. The molecule has 2 heteroatoms. The van der Waals surface area contributed by atoms with Gasteiger partial charge in [0.1, 0.15) is 6.21 Å². The van der Waals surface area contributed by atoms with Crippen molar-refractivity contribution in [1.29, 1.82) is 0 Å². The van der Waals surface area contributed by atoms with E-state index in [1.807, 2.05) is 0 Å². The fraction of sp³-hybridized carbons (Fsp3) is 0.889. The van der Waals surface area contributed by atoms with Gasteiger partial charge in [-0.05, 0) is 6.42 Å². The second-order valence-corrected chi connectivity index (χ2v) is 2.88. The van der Waals surface area contributed by atoms with Crippen molar-refractivity contribution in [2.45, 2.75) is 51.9 Å². The minimum Gasteiger partial charge on any atom is -0.626 e. The molecule has 0 aromatic heterocycles. The Labute approximate surface area is 69.3 Å². The van der Waals surface area contributed by atoms with Crippen LogP contribution in [0.15, 0.2) is 0 Å². The number of hydrogen-bond acceptors (Lipinski definition) is 1. The Balaban J connectivity index is 2.79. The highest BCUT2D eigenvalue weighted by Crippen LogP contribution is 2.05. The minimum absolute atomic E-state index is 0.912. The smallest absolute Gasteiger partial charge is 0.148 e. The second kappa shape index (κ2) is 9.47. The Morgan fingerprint density at radius 3 is 2.36 bits per heavy atom. The van der Waals surface area contributed by atoms with Crippen LogP contribution in [0.4, 0.5) is 0 Å². The first-order valence-electron chi connectivity index (χ1n) is 4.61. The molecule has 0 amide bonds. The summed E-state index contributed by atoms with van der Waals surface area (Å²) in [6.07, 6.45) is 10.2. The highest BCUT2D eigenvalue weighted by molar-refractivity contribution is 5.49. The van der Waals surface area contributed by atoms with E-state index in [1.165, 1.54) is 32.1 Å². The molecule has 0 rings (SSSR count). The van der Waals surface area contributed by atoms with Crippen molar-refractivity contribution in [3.63, 3.8) is 0 Å². The van der Waals surface area contributed by atoms with Crippen LogP contribution in [0.25, 0.3) is 0 Å². The van der Waals surface area contributed by atoms with Crippen LogP contribution in [0.5, 0.6) is 0 Å². The van der Waals surface area contributed by atoms with Gasteiger partial charge in [-0.3, -0.25) is 0 Å². The molecule has 0 aromatic rings. The lowest BCUT2D eigenvalue weighted by molar-refractivity contribution is -0.368. The highest BCUT2D eigenvalue weighted by atomic mass is 16.4. The van der Waals surface area contributed by atoms with Gasteiger partial charge in [-0.15, -0.1) is 0 Å². The molecule has 0 bridgehead atoms. The SMILES string of the molecule is CCCCCCCCC=[NH+][O-]. The van der Waals surface area contributed by atoms with Crippen LogP contribution in [0.3, 0.4) is 0 Å². The molecule has 1 N–H and O–H groups in total. The summed E-state index contributed by atoms with van der Waals surface area (Å²) in [6, 6.07) is 0. The summed E-state index contributed by atoms with van der Waals surface area (Å²) in [5.41, 5.74) is 0. The Morgan fingerprint density at radius 2 is 1.73 bits per heavy atom. The number of unbranched alkanes of at least 4 members (excludes halogenated alkanes) is 6. The topological polar surface area (TPSA) is 37.0 Å². The molecular weight excluding hydrogens is 138 g/mol. The largest absolute Gasteiger partial charge is 0.626 e. The van der Waals surface area contributed by atoms with E-state index in [0.717, 1.165) is 12.8 Å². The molecule has 0 saturated heterocycles. The highest BCUT2D eigenvalue weighted by Gasteiger charge is 1.88. The average molecular weight is 157 g/mol. The molecule has 11 heavy (non-hydrogen) atoms. The van der Waals surface area contributed by atoms with Crippen LogP contribution < -0.4 is 5.16 Å². The van der Waals surface area contributed by atoms with E-state index < -0.39 is 0 Å². The first kappa shape index (κ1) is 10.5. The fourth-order valence-electron chi connectivity index (χ4n) is 1.09. The van der Waals surface area contributed by atoms with Gasteiger partial charge in [-0.2, -0.15) is 0 Å². The standard InChI is InChI=1S/C9H19NO/c1-2-3-4-5-6-7-8-9-10-11/h9-10H,2-8H2,1H3. The molecule has 0 aliphatic heterocycles. The molecule has 66 valence electrons. The molecule has 0 atom stereocenters. The lowest BCUT2D eigenvalue weighted by Crippen LogP contribution is -2.60. The lowest BCUT2D eigenvalue weighted by Gasteiger charge is -1.96. The van der Waals surface area contributed by atoms with Gasteiger partial charge in [0, 0.05) is 6.42 Å². The van der Waals surface area contributed by atoms with Crippen molar-refractivity contribution >= 4 is 6.21 Å². The molecule has 0 aliphatic rings. The van der Waals surface area contributed by atoms with Crippen LogP contribution in [-0.4, -0.2) is 6.21 Å². The fourth-order valence-corrected chi connectivity index (χ4v) is 1.09. The predicted octanol–water partition coefficient (Wildman–Crippen LogP) is 1.39. The van der Waals surface area contributed by atoms with Crippen molar-refractivity contribution in [1.82, 2.24) is 0 Å². The second-order valence-electron chi connectivity index (χ2n) is 2.88. The van der Waals surface area contributed by atoms with Crippen molar-refractivity contribution in [2.75, 3.05) is 0 Å². The molecule has 0 spiro atoms. The monoisotopic (exact) mass is 157 g/mol. The Bertz CT molecular complexity index is 91.6. The maximum absolute atomic E-state index is 9.76. The van der Waals surface area contributed by atoms with Crippen molar-refractivity contribution < 1.29 is 5.16 Å². The van der Waals surface area contributed by atoms with E-state index >= 15 is 0 Å². The summed E-state index contributed by atoms with van der Waals surface area (Å²) >= 11 is 0. The Morgan fingerprint density at radius 1 is 1.09 bits per heavy atom. The van der Waals surface area contributed by atoms with E-state index in [9.17, 15) is 5.21 Å². The third-order valence-electron chi connectivity index (χ3n) is 1.79. The summed E-state index contributed by atoms with van der Waals surface area (Å²) in [5.74, 6) is 0. The van der Waals surface area contributed by atoms with Gasteiger partial charge < -0.3 is 5.21 Å². The molecule has 0 heterocycles. The van der Waals surface area contributed by atoms with Crippen LogP contribution in [0.1, 0.15) is 51.9 Å². The summed E-state index contributed by atoms with van der Waals surface area (Å²) < 4.78 is 0. The van der Waals surface area contributed by atoms with E-state index in [1.54, 1.807) is 11.4 Å². The molecule has 2 nitrogen and oxygen atoms in total. The third kappa shape index (κ3) is 9.47. The first-order valence-corrected chi connectivity index (χ1v) is 4.61. The molecule has 0 aromatic carbocycles. The summed E-state index contributed by atoms with van der Waals surface area (Å²) in [6.45, 7) is 2.22. The first-order chi connectivity index (χ1) is 5.41. The predicted molar refractivity (Wildman–Crippen MR) is 48.4 cm³/mol. The molecular formula is C9H19NO. The van der Waals surface area contributed by atoms with E-state index in [2.05, 4.69) is 6.92 Å². The van der Waals surface area contributed by atoms with Gasteiger partial charge >= 0.3 is 0 Å². The number of hydrogen-bond donors (Lipinski definition) is 1. The zero-order valence-electron chi connectivity index (χ0n) is 7.44. The van der Waals surface area contributed by atoms with E-state index in [0.29, 0.717) is 0 Å². The number of nitrogens with one attached hydrogen (secondary N) is 1. The van der Waals surface area contributed by atoms with Crippen LogP contribution >= 0.6 is 0 Å². The van der Waals surface area contributed by atoms with Gasteiger partial charge in [-0.25, -0.2) is 5.16 Å².